The summed E-state index contributed by atoms with van der Waals surface area (Å²) >= 11 is 0. The Morgan fingerprint density at radius 1 is 1.12 bits per heavy atom. The van der Waals surface area contributed by atoms with Crippen molar-refractivity contribution in [2.24, 2.45) is 0 Å². The first-order valence-electron chi connectivity index (χ1n) is 7.81. The van der Waals surface area contributed by atoms with Gasteiger partial charge in [0.05, 0.1) is 6.04 Å². The lowest BCUT2D eigenvalue weighted by Crippen LogP contribution is -2.12. The molecule has 0 saturated carbocycles. The fourth-order valence-electron chi connectivity index (χ4n) is 2.37. The van der Waals surface area contributed by atoms with E-state index in [0.29, 0.717) is 11.4 Å². The van der Waals surface area contributed by atoms with Crippen molar-refractivity contribution in [3.05, 3.63) is 59.7 Å². The lowest BCUT2D eigenvalue weighted by molar-refractivity contribution is 0.102. The van der Waals surface area contributed by atoms with E-state index in [4.69, 9.17) is 0 Å². The van der Waals surface area contributed by atoms with Crippen LogP contribution in [0.4, 0.5) is 5.69 Å². The monoisotopic (exact) mass is 321 g/mol. The highest BCUT2D eigenvalue weighted by Gasteiger charge is 2.14. The van der Waals surface area contributed by atoms with Crippen LogP contribution in [0.2, 0.25) is 0 Å². The molecule has 1 aromatic heterocycles. The van der Waals surface area contributed by atoms with Gasteiger partial charge in [-0.2, -0.15) is 0 Å². The third-order valence-corrected chi connectivity index (χ3v) is 3.67. The van der Waals surface area contributed by atoms with E-state index in [1.54, 1.807) is 16.8 Å². The molecule has 0 bridgehead atoms. The molecular weight excluding hydrogens is 302 g/mol. The molecule has 0 fully saturated rings. The van der Waals surface area contributed by atoms with Gasteiger partial charge < -0.3 is 5.32 Å². The molecule has 6 nitrogen and oxygen atoms in total. The highest BCUT2D eigenvalue weighted by molar-refractivity contribution is 6.04. The Balaban J connectivity index is 1.86. The third-order valence-electron chi connectivity index (χ3n) is 3.67. The van der Waals surface area contributed by atoms with Gasteiger partial charge in [0.1, 0.15) is 0 Å². The standard InChI is InChI=1S/C18H19N5O/c1-12(2)23-17(20-21-22-23)14-5-4-6-15(11-14)18(24)19-16-9-7-13(3)8-10-16/h4-12H,1-3H3,(H,19,24). The molecule has 24 heavy (non-hydrogen) atoms. The van der Waals surface area contributed by atoms with Crippen LogP contribution < -0.4 is 5.32 Å². The van der Waals surface area contributed by atoms with Gasteiger partial charge in [0.2, 0.25) is 0 Å². The molecule has 3 rings (SSSR count). The maximum atomic E-state index is 12.5. The van der Waals surface area contributed by atoms with Crippen LogP contribution in [-0.4, -0.2) is 26.1 Å². The maximum Gasteiger partial charge on any atom is 0.255 e. The van der Waals surface area contributed by atoms with Crippen LogP contribution in [0.3, 0.4) is 0 Å². The highest BCUT2D eigenvalue weighted by Crippen LogP contribution is 2.20. The number of aryl methyl sites for hydroxylation is 1. The van der Waals surface area contributed by atoms with Crippen LogP contribution in [0.15, 0.2) is 48.5 Å². The van der Waals surface area contributed by atoms with Crippen LogP contribution in [-0.2, 0) is 0 Å². The molecule has 1 heterocycles. The quantitative estimate of drug-likeness (QED) is 0.798. The molecule has 122 valence electrons. The summed E-state index contributed by atoms with van der Waals surface area (Å²) in [5.41, 5.74) is 3.29. The Labute approximate surface area is 140 Å². The molecule has 1 amide bonds. The van der Waals surface area contributed by atoms with Crippen molar-refractivity contribution in [3.8, 4) is 11.4 Å². The van der Waals surface area contributed by atoms with Gasteiger partial charge in [0.25, 0.3) is 5.91 Å². The van der Waals surface area contributed by atoms with E-state index < -0.39 is 0 Å². The summed E-state index contributed by atoms with van der Waals surface area (Å²) in [6, 6.07) is 15.1. The highest BCUT2D eigenvalue weighted by atomic mass is 16.1. The minimum absolute atomic E-state index is 0.139. The van der Waals surface area contributed by atoms with Crippen molar-refractivity contribution in [1.29, 1.82) is 0 Å². The number of nitrogens with zero attached hydrogens (tertiary/aromatic N) is 4. The normalized spacial score (nSPS) is 10.8. The van der Waals surface area contributed by atoms with E-state index >= 15 is 0 Å². The van der Waals surface area contributed by atoms with Gasteiger partial charge in [-0.25, -0.2) is 4.68 Å². The zero-order valence-electron chi connectivity index (χ0n) is 13.9. The number of rotatable bonds is 4. The van der Waals surface area contributed by atoms with Gasteiger partial charge in [-0.1, -0.05) is 29.8 Å². The summed E-state index contributed by atoms with van der Waals surface area (Å²) in [6.45, 7) is 6.02. The Morgan fingerprint density at radius 2 is 1.88 bits per heavy atom. The van der Waals surface area contributed by atoms with E-state index in [0.717, 1.165) is 16.8 Å². The molecule has 0 aliphatic rings. The molecular formula is C18H19N5O. The van der Waals surface area contributed by atoms with Crippen molar-refractivity contribution < 1.29 is 4.79 Å². The Kier molecular flexibility index (Phi) is 4.37. The number of carbonyl (C=O) groups excluding carboxylic acids is 1. The second-order valence-corrected chi connectivity index (χ2v) is 5.94. The topological polar surface area (TPSA) is 72.7 Å². The fourth-order valence-corrected chi connectivity index (χ4v) is 2.37. The van der Waals surface area contributed by atoms with Gasteiger partial charge >= 0.3 is 0 Å². The first kappa shape index (κ1) is 15.9. The number of amides is 1. The van der Waals surface area contributed by atoms with Gasteiger partial charge in [-0.05, 0) is 55.5 Å². The van der Waals surface area contributed by atoms with Crippen molar-refractivity contribution in [1.82, 2.24) is 20.2 Å². The first-order chi connectivity index (χ1) is 11.5. The smallest absolute Gasteiger partial charge is 0.255 e. The Bertz CT molecular complexity index is 852. The van der Waals surface area contributed by atoms with Crippen molar-refractivity contribution >= 4 is 11.6 Å². The summed E-state index contributed by atoms with van der Waals surface area (Å²) in [5.74, 6) is 0.485. The molecule has 6 heteroatoms. The van der Waals surface area contributed by atoms with E-state index in [2.05, 4.69) is 20.8 Å². The number of benzene rings is 2. The van der Waals surface area contributed by atoms with Crippen LogP contribution in [0, 0.1) is 6.92 Å². The minimum atomic E-state index is -0.163. The first-order valence-corrected chi connectivity index (χ1v) is 7.81. The molecule has 0 aliphatic carbocycles. The number of aromatic nitrogens is 4. The SMILES string of the molecule is Cc1ccc(NC(=O)c2cccc(-c3nnnn3C(C)C)c2)cc1. The number of nitrogens with one attached hydrogen (secondary N) is 1. The third kappa shape index (κ3) is 3.32. The van der Waals surface area contributed by atoms with Crippen LogP contribution >= 0.6 is 0 Å². The zero-order chi connectivity index (χ0) is 17.1. The Hall–Kier alpha value is -3.02. The number of tetrazole rings is 1. The van der Waals surface area contributed by atoms with E-state index in [1.807, 2.05) is 57.2 Å². The molecule has 2 aromatic carbocycles. The molecule has 0 atom stereocenters. The second kappa shape index (κ2) is 6.62. The summed E-state index contributed by atoms with van der Waals surface area (Å²) in [4.78, 5) is 12.5. The second-order valence-electron chi connectivity index (χ2n) is 5.94. The number of carbonyl (C=O) groups is 1. The largest absolute Gasteiger partial charge is 0.322 e. The molecule has 0 unspecified atom stereocenters. The lowest BCUT2D eigenvalue weighted by atomic mass is 10.1. The van der Waals surface area contributed by atoms with E-state index in [1.165, 1.54) is 0 Å². The average Bonchev–Trinajstić information content (AvgIpc) is 3.07. The van der Waals surface area contributed by atoms with Crippen molar-refractivity contribution in [2.45, 2.75) is 26.8 Å². The summed E-state index contributed by atoms with van der Waals surface area (Å²) in [6.07, 6.45) is 0. The lowest BCUT2D eigenvalue weighted by Gasteiger charge is -2.09. The maximum absolute atomic E-state index is 12.5. The molecule has 3 aromatic rings. The number of hydrogen-bond acceptors (Lipinski definition) is 4. The van der Waals surface area contributed by atoms with Gasteiger partial charge in [-0.3, -0.25) is 4.79 Å². The van der Waals surface area contributed by atoms with Gasteiger partial charge in [0.15, 0.2) is 5.82 Å². The van der Waals surface area contributed by atoms with Crippen molar-refractivity contribution in [2.75, 3.05) is 5.32 Å². The molecule has 0 radical (unpaired) electrons. The minimum Gasteiger partial charge on any atom is -0.322 e. The van der Waals surface area contributed by atoms with E-state index in [-0.39, 0.29) is 11.9 Å². The molecule has 0 aliphatic heterocycles. The predicted octanol–water partition coefficient (Wildman–Crippen LogP) is 3.48. The molecule has 1 N–H and O–H groups in total. The molecule has 0 saturated heterocycles. The van der Waals surface area contributed by atoms with Crippen LogP contribution in [0.25, 0.3) is 11.4 Å². The summed E-state index contributed by atoms with van der Waals surface area (Å²) < 4.78 is 1.73. The number of hydrogen-bond donors (Lipinski definition) is 1. The predicted molar refractivity (Wildman–Crippen MR) is 92.8 cm³/mol. The molecule has 0 spiro atoms. The van der Waals surface area contributed by atoms with Gasteiger partial charge in [0, 0.05) is 16.8 Å². The summed E-state index contributed by atoms with van der Waals surface area (Å²) in [7, 11) is 0. The van der Waals surface area contributed by atoms with Crippen molar-refractivity contribution in [3.63, 3.8) is 0 Å². The Morgan fingerprint density at radius 3 is 2.58 bits per heavy atom. The van der Waals surface area contributed by atoms with Crippen LogP contribution in [0.5, 0.6) is 0 Å². The van der Waals surface area contributed by atoms with Crippen LogP contribution in [0.1, 0.15) is 35.8 Å². The fraction of sp³-hybridized carbons (Fsp3) is 0.222. The number of anilines is 1. The summed E-state index contributed by atoms with van der Waals surface area (Å²) in [5, 5.41) is 14.7. The average molecular weight is 321 g/mol. The van der Waals surface area contributed by atoms with Gasteiger partial charge in [-0.15, -0.1) is 5.10 Å². The zero-order valence-corrected chi connectivity index (χ0v) is 13.9. The van der Waals surface area contributed by atoms with E-state index in [9.17, 15) is 4.79 Å².